The van der Waals surface area contributed by atoms with Gasteiger partial charge in [0, 0.05) is 32.7 Å². The van der Waals surface area contributed by atoms with Crippen molar-refractivity contribution in [1.82, 2.24) is 9.21 Å². The molecule has 0 saturated carbocycles. The second-order valence-corrected chi connectivity index (χ2v) is 8.91. The fourth-order valence-corrected chi connectivity index (χ4v) is 4.64. The molecule has 0 unspecified atom stereocenters. The Kier molecular flexibility index (Phi) is 6.35. The molecule has 148 valence electrons. The summed E-state index contributed by atoms with van der Waals surface area (Å²) in [5.74, 6) is 0.731. The first-order valence-electron chi connectivity index (χ1n) is 9.33. The monoisotopic (exact) mass is 399 g/mol. The molecule has 0 atom stereocenters. The highest BCUT2D eigenvalue weighted by atomic mass is 32.2. The maximum absolute atomic E-state index is 12.9. The van der Waals surface area contributed by atoms with Gasteiger partial charge in [-0.2, -0.15) is 9.57 Å². The lowest BCUT2D eigenvalue weighted by Crippen LogP contribution is -2.49. The normalized spacial score (nSPS) is 15.9. The minimum Gasteiger partial charge on any atom is -0.492 e. The summed E-state index contributed by atoms with van der Waals surface area (Å²) in [5.41, 5.74) is 2.68. The molecule has 0 radical (unpaired) electrons. The lowest BCUT2D eigenvalue weighted by molar-refractivity contribution is 0.159. The van der Waals surface area contributed by atoms with Crippen LogP contribution in [0.1, 0.15) is 16.7 Å². The molecule has 3 rings (SSSR count). The molecule has 0 aromatic heterocycles. The summed E-state index contributed by atoms with van der Waals surface area (Å²) in [6, 6.07) is 14.4. The SMILES string of the molecule is Cc1ccc(S(=O)(=O)N2CCN(CCOc3ccc(C#N)cc3)CC2)cc1C. The summed E-state index contributed by atoms with van der Waals surface area (Å²) in [6.07, 6.45) is 0. The maximum Gasteiger partial charge on any atom is 0.243 e. The van der Waals surface area contributed by atoms with Gasteiger partial charge in [-0.3, -0.25) is 4.90 Å². The molecule has 7 heteroatoms. The number of benzene rings is 2. The lowest BCUT2D eigenvalue weighted by Gasteiger charge is -2.33. The summed E-state index contributed by atoms with van der Waals surface area (Å²) in [5, 5.41) is 8.81. The predicted octanol–water partition coefficient (Wildman–Crippen LogP) is 2.56. The number of nitrogens with zero attached hydrogens (tertiary/aromatic N) is 3. The Labute approximate surface area is 167 Å². The highest BCUT2D eigenvalue weighted by Gasteiger charge is 2.28. The van der Waals surface area contributed by atoms with Crippen LogP contribution in [-0.4, -0.2) is 57.0 Å². The van der Waals surface area contributed by atoms with Crippen LogP contribution in [0.25, 0.3) is 0 Å². The standard InChI is InChI=1S/C21H25N3O3S/c1-17-3-8-21(15-18(17)2)28(25,26)24-11-9-23(10-12-24)13-14-27-20-6-4-19(16-22)5-7-20/h3-8,15H,9-14H2,1-2H3. The van der Waals surface area contributed by atoms with Gasteiger partial charge in [-0.15, -0.1) is 0 Å². The minimum absolute atomic E-state index is 0.369. The quantitative estimate of drug-likeness (QED) is 0.746. The summed E-state index contributed by atoms with van der Waals surface area (Å²) < 4.78 is 33.0. The lowest BCUT2D eigenvalue weighted by atomic mass is 10.1. The predicted molar refractivity (Wildman–Crippen MR) is 108 cm³/mol. The molecule has 0 aliphatic carbocycles. The summed E-state index contributed by atoms with van der Waals surface area (Å²) >= 11 is 0. The molecule has 1 heterocycles. The number of sulfonamides is 1. The van der Waals surface area contributed by atoms with E-state index in [2.05, 4.69) is 11.0 Å². The van der Waals surface area contributed by atoms with E-state index < -0.39 is 10.0 Å². The van der Waals surface area contributed by atoms with Crippen molar-refractivity contribution in [3.8, 4) is 11.8 Å². The molecular formula is C21H25N3O3S. The summed E-state index contributed by atoms with van der Waals surface area (Å²) in [7, 11) is -3.45. The van der Waals surface area contributed by atoms with Gasteiger partial charge in [0.2, 0.25) is 10.0 Å². The third-order valence-electron chi connectivity index (χ3n) is 5.11. The van der Waals surface area contributed by atoms with Crippen molar-refractivity contribution >= 4 is 10.0 Å². The van der Waals surface area contributed by atoms with Crippen molar-refractivity contribution in [2.75, 3.05) is 39.3 Å². The summed E-state index contributed by atoms with van der Waals surface area (Å²) in [4.78, 5) is 2.57. The van der Waals surface area contributed by atoms with E-state index in [0.29, 0.717) is 43.2 Å². The first kappa shape index (κ1) is 20.3. The molecule has 1 fully saturated rings. The molecule has 28 heavy (non-hydrogen) atoms. The van der Waals surface area contributed by atoms with Crippen LogP contribution in [0, 0.1) is 25.2 Å². The molecule has 1 aliphatic rings. The van der Waals surface area contributed by atoms with E-state index in [1.165, 1.54) is 0 Å². The molecule has 0 amide bonds. The van der Waals surface area contributed by atoms with Crippen LogP contribution in [-0.2, 0) is 10.0 Å². The van der Waals surface area contributed by atoms with Crippen LogP contribution >= 0.6 is 0 Å². The van der Waals surface area contributed by atoms with Gasteiger partial charge in [-0.25, -0.2) is 8.42 Å². The highest BCUT2D eigenvalue weighted by molar-refractivity contribution is 7.89. The van der Waals surface area contributed by atoms with E-state index in [-0.39, 0.29) is 0 Å². The van der Waals surface area contributed by atoms with Crippen LogP contribution in [0.3, 0.4) is 0 Å². The Morgan fingerprint density at radius 1 is 1.00 bits per heavy atom. The number of rotatable bonds is 6. The number of aryl methyl sites for hydroxylation is 2. The largest absolute Gasteiger partial charge is 0.492 e. The zero-order valence-corrected chi connectivity index (χ0v) is 17.1. The van der Waals surface area contributed by atoms with Gasteiger partial charge in [0.1, 0.15) is 12.4 Å². The molecule has 0 bridgehead atoms. The number of piperazine rings is 1. The van der Waals surface area contributed by atoms with Gasteiger partial charge in [0.15, 0.2) is 0 Å². The molecule has 2 aromatic rings. The zero-order chi connectivity index (χ0) is 20.1. The Morgan fingerprint density at radius 2 is 1.68 bits per heavy atom. The molecule has 1 aliphatic heterocycles. The fraction of sp³-hybridized carbons (Fsp3) is 0.381. The number of hydrogen-bond acceptors (Lipinski definition) is 5. The van der Waals surface area contributed by atoms with Gasteiger partial charge in [-0.1, -0.05) is 6.07 Å². The van der Waals surface area contributed by atoms with E-state index in [1.807, 2.05) is 19.9 Å². The summed E-state index contributed by atoms with van der Waals surface area (Å²) in [6.45, 7) is 7.48. The van der Waals surface area contributed by atoms with Crippen LogP contribution in [0.15, 0.2) is 47.4 Å². The highest BCUT2D eigenvalue weighted by Crippen LogP contribution is 2.20. The molecule has 0 N–H and O–H groups in total. The van der Waals surface area contributed by atoms with Crippen molar-refractivity contribution in [2.45, 2.75) is 18.7 Å². The third kappa shape index (κ3) is 4.71. The number of nitriles is 1. The van der Waals surface area contributed by atoms with Crippen LogP contribution in [0.4, 0.5) is 0 Å². The second kappa shape index (κ2) is 8.74. The maximum atomic E-state index is 12.9. The van der Waals surface area contributed by atoms with Crippen molar-refractivity contribution < 1.29 is 13.2 Å². The van der Waals surface area contributed by atoms with Crippen molar-refractivity contribution in [2.24, 2.45) is 0 Å². The van der Waals surface area contributed by atoms with E-state index in [0.717, 1.165) is 23.4 Å². The molecule has 0 spiro atoms. The van der Waals surface area contributed by atoms with Crippen molar-refractivity contribution in [3.05, 3.63) is 59.2 Å². The fourth-order valence-electron chi connectivity index (χ4n) is 3.14. The van der Waals surface area contributed by atoms with Gasteiger partial charge in [0.05, 0.1) is 16.5 Å². The Bertz CT molecular complexity index is 957. The minimum atomic E-state index is -3.45. The van der Waals surface area contributed by atoms with E-state index in [4.69, 9.17) is 10.00 Å². The van der Waals surface area contributed by atoms with Gasteiger partial charge >= 0.3 is 0 Å². The third-order valence-corrected chi connectivity index (χ3v) is 7.00. The van der Waals surface area contributed by atoms with Gasteiger partial charge in [0.25, 0.3) is 0 Å². The van der Waals surface area contributed by atoms with Gasteiger partial charge in [-0.05, 0) is 61.4 Å². The Morgan fingerprint density at radius 3 is 2.29 bits per heavy atom. The second-order valence-electron chi connectivity index (χ2n) is 6.98. The molecule has 6 nitrogen and oxygen atoms in total. The smallest absolute Gasteiger partial charge is 0.243 e. The van der Waals surface area contributed by atoms with E-state index >= 15 is 0 Å². The number of ether oxygens (including phenoxy) is 1. The molecule has 2 aromatic carbocycles. The van der Waals surface area contributed by atoms with Crippen LogP contribution in [0.2, 0.25) is 0 Å². The average Bonchev–Trinajstić information content (AvgIpc) is 2.71. The van der Waals surface area contributed by atoms with E-state index in [1.54, 1.807) is 40.7 Å². The van der Waals surface area contributed by atoms with Gasteiger partial charge < -0.3 is 4.74 Å². The zero-order valence-electron chi connectivity index (χ0n) is 16.3. The van der Waals surface area contributed by atoms with Crippen molar-refractivity contribution in [3.63, 3.8) is 0 Å². The average molecular weight is 400 g/mol. The van der Waals surface area contributed by atoms with E-state index in [9.17, 15) is 8.42 Å². The first-order chi connectivity index (χ1) is 13.4. The molecular weight excluding hydrogens is 374 g/mol. The Hall–Kier alpha value is -2.40. The van der Waals surface area contributed by atoms with Crippen molar-refractivity contribution in [1.29, 1.82) is 5.26 Å². The Balaban J connectivity index is 1.49. The van der Waals surface area contributed by atoms with Crippen LogP contribution in [0.5, 0.6) is 5.75 Å². The molecule has 1 saturated heterocycles. The topological polar surface area (TPSA) is 73.6 Å². The van der Waals surface area contributed by atoms with Crippen LogP contribution < -0.4 is 4.74 Å². The number of hydrogen-bond donors (Lipinski definition) is 0. The first-order valence-corrected chi connectivity index (χ1v) is 10.8.